The number of carbonyl (C=O) groups excluding carboxylic acids is 1. The molecule has 1 aromatic rings. The number of rotatable bonds is 8. The van der Waals surface area contributed by atoms with Crippen molar-refractivity contribution in [3.63, 3.8) is 0 Å². The second-order valence-corrected chi connectivity index (χ2v) is 5.09. The van der Waals surface area contributed by atoms with E-state index in [1.54, 1.807) is 0 Å². The van der Waals surface area contributed by atoms with Gasteiger partial charge >= 0.3 is 0 Å². The van der Waals surface area contributed by atoms with Gasteiger partial charge in [0.15, 0.2) is 0 Å². The number of unbranched alkanes of at least 4 members (excludes halogenated alkanes) is 1. The third kappa shape index (κ3) is 6.39. The Labute approximate surface area is 116 Å². The number of carbonyl (C=O) groups is 1. The molecule has 0 aliphatic rings. The zero-order valence-electron chi connectivity index (χ0n) is 12.3. The molecule has 2 N–H and O–H groups in total. The van der Waals surface area contributed by atoms with Gasteiger partial charge < -0.3 is 10.6 Å². The molecule has 1 rings (SSSR count). The molecule has 0 aromatic heterocycles. The van der Waals surface area contributed by atoms with Crippen LogP contribution in [0.4, 0.5) is 0 Å². The highest BCUT2D eigenvalue weighted by atomic mass is 16.1. The Morgan fingerprint density at radius 2 is 1.84 bits per heavy atom. The van der Waals surface area contributed by atoms with Crippen LogP contribution in [0.5, 0.6) is 0 Å². The van der Waals surface area contributed by atoms with E-state index in [9.17, 15) is 4.79 Å². The van der Waals surface area contributed by atoms with Crippen LogP contribution in [0.3, 0.4) is 0 Å². The predicted octanol–water partition coefficient (Wildman–Crippen LogP) is 2.30. The first-order valence-corrected chi connectivity index (χ1v) is 7.17. The van der Waals surface area contributed by atoms with Crippen LogP contribution in [-0.2, 0) is 17.6 Å². The summed E-state index contributed by atoms with van der Waals surface area (Å²) in [6, 6.07) is 8.70. The average Bonchev–Trinajstić information content (AvgIpc) is 2.44. The molecule has 1 amide bonds. The molecule has 3 heteroatoms. The summed E-state index contributed by atoms with van der Waals surface area (Å²) in [5.41, 5.74) is 2.43. The fraction of sp³-hybridized carbons (Fsp3) is 0.562. The Balaban J connectivity index is 2.37. The Morgan fingerprint density at radius 1 is 1.21 bits per heavy atom. The van der Waals surface area contributed by atoms with Crippen LogP contribution in [0.1, 0.15) is 37.8 Å². The Hall–Kier alpha value is -1.35. The number of benzene rings is 1. The monoisotopic (exact) mass is 262 g/mol. The molecule has 0 aliphatic heterocycles. The molecule has 1 atom stereocenters. The van der Waals surface area contributed by atoms with Gasteiger partial charge in [-0.1, -0.05) is 37.6 Å². The highest BCUT2D eigenvalue weighted by Gasteiger charge is 2.05. The van der Waals surface area contributed by atoms with E-state index in [-0.39, 0.29) is 5.91 Å². The molecule has 3 nitrogen and oxygen atoms in total. The first kappa shape index (κ1) is 15.7. The lowest BCUT2D eigenvalue weighted by atomic mass is 10.0. The van der Waals surface area contributed by atoms with E-state index in [0.29, 0.717) is 19.0 Å². The molecule has 1 aromatic carbocycles. The normalized spacial score (nSPS) is 12.2. The Kier molecular flexibility index (Phi) is 7.19. The van der Waals surface area contributed by atoms with Crippen LogP contribution in [0, 0.1) is 0 Å². The van der Waals surface area contributed by atoms with Crippen molar-refractivity contribution in [2.45, 2.75) is 45.6 Å². The fourth-order valence-corrected chi connectivity index (χ4v) is 1.82. The smallest absolute Gasteiger partial charge is 0.224 e. The van der Waals surface area contributed by atoms with Crippen LogP contribution in [0.2, 0.25) is 0 Å². The van der Waals surface area contributed by atoms with Gasteiger partial charge in [0.1, 0.15) is 0 Å². The zero-order chi connectivity index (χ0) is 14.1. The predicted molar refractivity (Wildman–Crippen MR) is 80.3 cm³/mol. The van der Waals surface area contributed by atoms with Crippen molar-refractivity contribution in [1.29, 1.82) is 0 Å². The average molecular weight is 262 g/mol. The molecule has 0 saturated heterocycles. The van der Waals surface area contributed by atoms with Crippen molar-refractivity contribution < 1.29 is 4.79 Å². The van der Waals surface area contributed by atoms with E-state index < -0.39 is 0 Å². The summed E-state index contributed by atoms with van der Waals surface area (Å²) in [5.74, 6) is 0.0865. The van der Waals surface area contributed by atoms with Crippen molar-refractivity contribution in [2.75, 3.05) is 13.6 Å². The maximum absolute atomic E-state index is 11.8. The third-order valence-corrected chi connectivity index (χ3v) is 3.30. The molecule has 0 radical (unpaired) electrons. The first-order chi connectivity index (χ1) is 9.15. The van der Waals surface area contributed by atoms with Crippen LogP contribution < -0.4 is 10.6 Å². The van der Waals surface area contributed by atoms with Gasteiger partial charge in [-0.15, -0.1) is 0 Å². The van der Waals surface area contributed by atoms with E-state index in [1.165, 1.54) is 18.4 Å². The molecule has 0 heterocycles. The van der Waals surface area contributed by atoms with E-state index in [0.717, 1.165) is 12.0 Å². The molecule has 1 unspecified atom stereocenters. The highest BCUT2D eigenvalue weighted by Crippen LogP contribution is 2.08. The maximum atomic E-state index is 11.8. The summed E-state index contributed by atoms with van der Waals surface area (Å²) in [5, 5.41) is 6.03. The molecular formula is C16H26N2O. The topological polar surface area (TPSA) is 41.1 Å². The van der Waals surface area contributed by atoms with Gasteiger partial charge in [0.25, 0.3) is 0 Å². The fourth-order valence-electron chi connectivity index (χ4n) is 1.82. The summed E-state index contributed by atoms with van der Waals surface area (Å²) >= 11 is 0. The summed E-state index contributed by atoms with van der Waals surface area (Å²) in [6.45, 7) is 4.91. The molecule has 19 heavy (non-hydrogen) atoms. The second kappa shape index (κ2) is 8.70. The number of hydrogen-bond acceptors (Lipinski definition) is 2. The molecule has 0 aliphatic carbocycles. The van der Waals surface area contributed by atoms with Crippen molar-refractivity contribution in [2.24, 2.45) is 0 Å². The molecule has 106 valence electrons. The minimum atomic E-state index is 0.0865. The van der Waals surface area contributed by atoms with Gasteiger partial charge in [-0.2, -0.15) is 0 Å². The maximum Gasteiger partial charge on any atom is 0.224 e. The van der Waals surface area contributed by atoms with E-state index in [1.807, 2.05) is 14.0 Å². The van der Waals surface area contributed by atoms with E-state index in [2.05, 4.69) is 41.8 Å². The number of amides is 1. The zero-order valence-corrected chi connectivity index (χ0v) is 12.3. The van der Waals surface area contributed by atoms with Crippen LogP contribution in [0.15, 0.2) is 24.3 Å². The largest absolute Gasteiger partial charge is 0.354 e. The number of likely N-dealkylation sites (N-methyl/N-ethyl adjacent to an activating group) is 1. The van der Waals surface area contributed by atoms with Gasteiger partial charge in [0.05, 0.1) is 6.42 Å². The molecule has 0 fully saturated rings. The third-order valence-electron chi connectivity index (χ3n) is 3.30. The lowest BCUT2D eigenvalue weighted by Gasteiger charge is -2.11. The molecule has 0 saturated carbocycles. The van der Waals surface area contributed by atoms with Crippen molar-refractivity contribution >= 4 is 5.91 Å². The molecule has 0 spiro atoms. The Morgan fingerprint density at radius 3 is 2.42 bits per heavy atom. The Bertz CT molecular complexity index is 373. The van der Waals surface area contributed by atoms with Crippen LogP contribution >= 0.6 is 0 Å². The van der Waals surface area contributed by atoms with Crippen molar-refractivity contribution in [3.05, 3.63) is 35.4 Å². The number of aryl methyl sites for hydroxylation is 1. The first-order valence-electron chi connectivity index (χ1n) is 7.17. The SMILES string of the molecule is CCCCc1ccc(CC(=O)NCC(C)NC)cc1. The van der Waals surface area contributed by atoms with Gasteiger partial charge in [0.2, 0.25) is 5.91 Å². The van der Waals surface area contributed by atoms with Gasteiger partial charge in [0, 0.05) is 12.6 Å². The summed E-state index contributed by atoms with van der Waals surface area (Å²) < 4.78 is 0. The van der Waals surface area contributed by atoms with Gasteiger partial charge in [-0.25, -0.2) is 0 Å². The van der Waals surface area contributed by atoms with Crippen molar-refractivity contribution in [1.82, 2.24) is 10.6 Å². The summed E-state index contributed by atoms with van der Waals surface area (Å²) in [6.07, 6.45) is 4.03. The summed E-state index contributed by atoms with van der Waals surface area (Å²) in [7, 11) is 1.89. The molecule has 0 bridgehead atoms. The lowest BCUT2D eigenvalue weighted by molar-refractivity contribution is -0.120. The second-order valence-electron chi connectivity index (χ2n) is 5.09. The number of nitrogens with one attached hydrogen (secondary N) is 2. The number of hydrogen-bond donors (Lipinski definition) is 2. The van der Waals surface area contributed by atoms with Crippen LogP contribution in [0.25, 0.3) is 0 Å². The highest BCUT2D eigenvalue weighted by molar-refractivity contribution is 5.78. The van der Waals surface area contributed by atoms with Crippen molar-refractivity contribution in [3.8, 4) is 0 Å². The lowest BCUT2D eigenvalue weighted by Crippen LogP contribution is -2.37. The minimum absolute atomic E-state index is 0.0865. The standard InChI is InChI=1S/C16H26N2O/c1-4-5-6-14-7-9-15(10-8-14)11-16(19)18-12-13(2)17-3/h7-10,13,17H,4-6,11-12H2,1-3H3,(H,18,19). The molecular weight excluding hydrogens is 236 g/mol. The van der Waals surface area contributed by atoms with E-state index in [4.69, 9.17) is 0 Å². The van der Waals surface area contributed by atoms with E-state index >= 15 is 0 Å². The van der Waals surface area contributed by atoms with Gasteiger partial charge in [-0.05, 0) is 37.9 Å². The minimum Gasteiger partial charge on any atom is -0.354 e. The van der Waals surface area contributed by atoms with Crippen LogP contribution in [-0.4, -0.2) is 25.5 Å². The van der Waals surface area contributed by atoms with Gasteiger partial charge in [-0.3, -0.25) is 4.79 Å². The summed E-state index contributed by atoms with van der Waals surface area (Å²) in [4.78, 5) is 11.8. The quantitative estimate of drug-likeness (QED) is 0.755.